The van der Waals surface area contributed by atoms with Gasteiger partial charge in [-0.25, -0.2) is 14.4 Å². The van der Waals surface area contributed by atoms with Gasteiger partial charge in [0.15, 0.2) is 0 Å². The summed E-state index contributed by atoms with van der Waals surface area (Å²) in [4.78, 5) is 10.2. The van der Waals surface area contributed by atoms with Crippen molar-refractivity contribution in [3.63, 3.8) is 0 Å². The second-order valence-electron chi connectivity index (χ2n) is 4.02. The predicted octanol–water partition coefficient (Wildman–Crippen LogP) is 2.15. The average molecular weight is 246 g/mol. The maximum absolute atomic E-state index is 13.7. The van der Waals surface area contributed by atoms with Crippen LogP contribution in [0.1, 0.15) is 11.4 Å². The first kappa shape index (κ1) is 12.4. The quantitative estimate of drug-likeness (QED) is 0.901. The van der Waals surface area contributed by atoms with E-state index in [2.05, 4.69) is 9.97 Å². The van der Waals surface area contributed by atoms with Crippen molar-refractivity contribution < 1.29 is 4.39 Å². The van der Waals surface area contributed by atoms with Gasteiger partial charge in [0.2, 0.25) is 5.95 Å². The molecular weight excluding hydrogens is 231 g/mol. The van der Waals surface area contributed by atoms with Gasteiger partial charge in [0.1, 0.15) is 5.82 Å². The van der Waals surface area contributed by atoms with Crippen molar-refractivity contribution in [2.24, 2.45) is 5.73 Å². The van der Waals surface area contributed by atoms with Crippen LogP contribution in [-0.4, -0.2) is 17.0 Å². The smallest absolute Gasteiger partial charge is 0.230 e. The maximum atomic E-state index is 13.7. The lowest BCUT2D eigenvalue weighted by atomic mass is 10.3. The molecule has 0 aliphatic carbocycles. The van der Waals surface area contributed by atoms with Crippen molar-refractivity contribution in [2.75, 3.05) is 11.9 Å². The van der Waals surface area contributed by atoms with Crippen molar-refractivity contribution in [1.29, 1.82) is 0 Å². The summed E-state index contributed by atoms with van der Waals surface area (Å²) < 4.78 is 13.7. The van der Waals surface area contributed by atoms with E-state index in [0.29, 0.717) is 18.2 Å². The van der Waals surface area contributed by atoms with E-state index in [1.165, 1.54) is 6.07 Å². The lowest BCUT2D eigenvalue weighted by Gasteiger charge is -2.18. The number of aromatic nitrogens is 2. The minimum atomic E-state index is -0.306. The number of nitrogens with zero attached hydrogens (tertiary/aromatic N) is 3. The van der Waals surface area contributed by atoms with Crippen LogP contribution in [0.4, 0.5) is 16.0 Å². The van der Waals surface area contributed by atoms with E-state index in [0.717, 1.165) is 11.4 Å². The van der Waals surface area contributed by atoms with Crippen LogP contribution in [-0.2, 0) is 6.54 Å². The zero-order valence-corrected chi connectivity index (χ0v) is 10.4. The van der Waals surface area contributed by atoms with E-state index < -0.39 is 0 Å². The molecule has 2 rings (SSSR count). The van der Waals surface area contributed by atoms with Gasteiger partial charge in [-0.1, -0.05) is 12.1 Å². The fourth-order valence-corrected chi connectivity index (χ4v) is 1.70. The summed E-state index contributed by atoms with van der Waals surface area (Å²) in [6.07, 6.45) is 0. The Morgan fingerprint density at radius 2 is 2.00 bits per heavy atom. The van der Waals surface area contributed by atoms with Gasteiger partial charge in [0.25, 0.3) is 0 Å². The fraction of sp³-hybridized carbons (Fsp3) is 0.231. The molecule has 0 bridgehead atoms. The zero-order valence-electron chi connectivity index (χ0n) is 10.4. The Labute approximate surface area is 105 Å². The van der Waals surface area contributed by atoms with Crippen LogP contribution < -0.4 is 10.6 Å². The normalized spacial score (nSPS) is 10.4. The molecule has 0 radical (unpaired) electrons. The van der Waals surface area contributed by atoms with E-state index in [1.54, 1.807) is 30.1 Å². The molecule has 0 aliphatic heterocycles. The summed E-state index contributed by atoms with van der Waals surface area (Å²) in [6.45, 7) is 2.20. The van der Waals surface area contributed by atoms with E-state index in [-0.39, 0.29) is 5.82 Å². The van der Waals surface area contributed by atoms with Gasteiger partial charge in [-0.05, 0) is 25.1 Å². The molecule has 4 nitrogen and oxygen atoms in total. The number of nitrogens with two attached hydrogens (primary N) is 1. The monoisotopic (exact) mass is 246 g/mol. The topological polar surface area (TPSA) is 55.0 Å². The highest BCUT2D eigenvalue weighted by molar-refractivity contribution is 5.57. The molecule has 1 heterocycles. The summed E-state index contributed by atoms with van der Waals surface area (Å²) >= 11 is 0. The standard InChI is InChI=1S/C13H15FN4/c1-9-7-10(8-15)17-13(16-9)18(2)12-6-4-3-5-11(12)14/h3-7H,8,15H2,1-2H3. The lowest BCUT2D eigenvalue weighted by molar-refractivity contribution is 0.626. The molecular formula is C13H15FN4. The molecule has 1 aromatic heterocycles. The van der Waals surface area contributed by atoms with Crippen LogP contribution in [0.15, 0.2) is 30.3 Å². The van der Waals surface area contributed by atoms with Crippen molar-refractivity contribution in [2.45, 2.75) is 13.5 Å². The number of hydrogen-bond donors (Lipinski definition) is 1. The van der Waals surface area contributed by atoms with E-state index in [1.807, 2.05) is 13.0 Å². The summed E-state index contributed by atoms with van der Waals surface area (Å²) in [6, 6.07) is 8.33. The van der Waals surface area contributed by atoms with Crippen LogP contribution in [0, 0.1) is 12.7 Å². The summed E-state index contributed by atoms with van der Waals surface area (Å²) in [7, 11) is 1.73. The van der Waals surface area contributed by atoms with Gasteiger partial charge in [0, 0.05) is 19.3 Å². The Bertz CT molecular complexity index is 556. The van der Waals surface area contributed by atoms with Crippen molar-refractivity contribution in [3.8, 4) is 0 Å². The number of anilines is 2. The maximum Gasteiger partial charge on any atom is 0.230 e. The van der Waals surface area contributed by atoms with Gasteiger partial charge in [-0.15, -0.1) is 0 Å². The lowest BCUT2D eigenvalue weighted by Crippen LogP contribution is -2.16. The molecule has 0 aliphatic rings. The number of rotatable bonds is 3. The number of aryl methyl sites for hydroxylation is 1. The molecule has 5 heteroatoms. The van der Waals surface area contributed by atoms with Crippen molar-refractivity contribution >= 4 is 11.6 Å². The third-order valence-electron chi connectivity index (χ3n) is 2.62. The SMILES string of the molecule is Cc1cc(CN)nc(N(C)c2ccccc2F)n1. The molecule has 0 atom stereocenters. The second kappa shape index (κ2) is 5.10. The van der Waals surface area contributed by atoms with Crippen molar-refractivity contribution in [3.05, 3.63) is 47.5 Å². The molecule has 0 unspecified atom stereocenters. The number of halogens is 1. The first-order chi connectivity index (χ1) is 8.61. The molecule has 2 N–H and O–H groups in total. The highest BCUT2D eigenvalue weighted by Crippen LogP contribution is 2.23. The van der Waals surface area contributed by atoms with Crippen LogP contribution >= 0.6 is 0 Å². The van der Waals surface area contributed by atoms with Gasteiger partial charge in [-0.3, -0.25) is 0 Å². The second-order valence-corrected chi connectivity index (χ2v) is 4.02. The number of benzene rings is 1. The number of hydrogen-bond acceptors (Lipinski definition) is 4. The molecule has 0 saturated heterocycles. The Morgan fingerprint density at radius 1 is 1.28 bits per heavy atom. The molecule has 0 saturated carbocycles. The van der Waals surface area contributed by atoms with Crippen LogP contribution in [0.3, 0.4) is 0 Å². The predicted molar refractivity (Wildman–Crippen MR) is 69.1 cm³/mol. The minimum Gasteiger partial charge on any atom is -0.325 e. The third kappa shape index (κ3) is 2.46. The average Bonchev–Trinajstić information content (AvgIpc) is 2.37. The largest absolute Gasteiger partial charge is 0.325 e. The molecule has 0 fully saturated rings. The molecule has 94 valence electrons. The van der Waals surface area contributed by atoms with E-state index >= 15 is 0 Å². The molecule has 18 heavy (non-hydrogen) atoms. The van der Waals surface area contributed by atoms with Gasteiger partial charge < -0.3 is 10.6 Å². The van der Waals surface area contributed by atoms with Gasteiger partial charge in [-0.2, -0.15) is 0 Å². The minimum absolute atomic E-state index is 0.306. The summed E-state index contributed by atoms with van der Waals surface area (Å²) in [5, 5.41) is 0. The van der Waals surface area contributed by atoms with Gasteiger partial charge in [0.05, 0.1) is 11.4 Å². The van der Waals surface area contributed by atoms with E-state index in [9.17, 15) is 4.39 Å². The summed E-state index contributed by atoms with van der Waals surface area (Å²) in [5.74, 6) is 0.139. The fourth-order valence-electron chi connectivity index (χ4n) is 1.70. The van der Waals surface area contributed by atoms with Crippen LogP contribution in [0.2, 0.25) is 0 Å². The summed E-state index contributed by atoms with van der Waals surface area (Å²) in [5.41, 5.74) is 7.56. The van der Waals surface area contributed by atoms with Crippen molar-refractivity contribution in [1.82, 2.24) is 9.97 Å². The molecule has 0 spiro atoms. The van der Waals surface area contributed by atoms with Gasteiger partial charge >= 0.3 is 0 Å². The molecule has 2 aromatic rings. The highest BCUT2D eigenvalue weighted by atomic mass is 19.1. The Morgan fingerprint density at radius 3 is 2.67 bits per heavy atom. The van der Waals surface area contributed by atoms with E-state index in [4.69, 9.17) is 5.73 Å². The van der Waals surface area contributed by atoms with Crippen LogP contribution in [0.25, 0.3) is 0 Å². The highest BCUT2D eigenvalue weighted by Gasteiger charge is 2.12. The molecule has 1 aromatic carbocycles. The Kier molecular flexibility index (Phi) is 3.53. The first-order valence-electron chi connectivity index (χ1n) is 5.64. The van der Waals surface area contributed by atoms with Crippen LogP contribution in [0.5, 0.6) is 0 Å². The Balaban J connectivity index is 2.43. The first-order valence-corrected chi connectivity index (χ1v) is 5.64. The number of para-hydroxylation sites is 1. The zero-order chi connectivity index (χ0) is 13.1. The third-order valence-corrected chi connectivity index (χ3v) is 2.62. The molecule has 0 amide bonds. The Hall–Kier alpha value is -2.01.